The van der Waals surface area contributed by atoms with Crippen LogP contribution in [0.4, 0.5) is 0 Å². The van der Waals surface area contributed by atoms with E-state index < -0.39 is 0 Å². The molecule has 1 aliphatic heterocycles. The number of amides is 1. The zero-order valence-electron chi connectivity index (χ0n) is 9.81. The number of hydrogen-bond acceptors (Lipinski definition) is 4. The van der Waals surface area contributed by atoms with Gasteiger partial charge in [0, 0.05) is 26.3 Å². The van der Waals surface area contributed by atoms with E-state index in [4.69, 9.17) is 14.7 Å². The summed E-state index contributed by atoms with van der Waals surface area (Å²) < 4.78 is 11.0. The maximum absolute atomic E-state index is 11.5. The van der Waals surface area contributed by atoms with E-state index >= 15 is 0 Å². The third-order valence-electron chi connectivity index (χ3n) is 2.56. The van der Waals surface area contributed by atoms with Crippen LogP contribution in [-0.4, -0.2) is 49.3 Å². The van der Waals surface area contributed by atoms with Crippen molar-refractivity contribution >= 4 is 5.91 Å². The van der Waals surface area contributed by atoms with Gasteiger partial charge in [-0.3, -0.25) is 4.79 Å². The summed E-state index contributed by atoms with van der Waals surface area (Å²) in [5.41, 5.74) is 0. The molecule has 0 radical (unpaired) electrons. The molecule has 0 N–H and O–H groups in total. The molecule has 0 aromatic carbocycles. The molecule has 0 bridgehead atoms. The Kier molecular flexibility index (Phi) is 5.23. The molecule has 2 unspecified atom stereocenters. The Morgan fingerprint density at radius 1 is 1.31 bits per heavy atom. The fraction of sp³-hybridized carbons (Fsp3) is 0.818. The Morgan fingerprint density at radius 2 is 1.81 bits per heavy atom. The number of ether oxygens (including phenoxy) is 2. The highest BCUT2D eigenvalue weighted by atomic mass is 16.5. The van der Waals surface area contributed by atoms with E-state index in [0.29, 0.717) is 26.3 Å². The van der Waals surface area contributed by atoms with E-state index in [1.54, 1.807) is 4.90 Å². The second-order valence-corrected chi connectivity index (χ2v) is 3.62. The molecular formula is C11H18N2O3. The first-order valence-electron chi connectivity index (χ1n) is 5.60. The molecule has 0 aromatic rings. The van der Waals surface area contributed by atoms with Gasteiger partial charge >= 0.3 is 0 Å². The van der Waals surface area contributed by atoms with Crippen LogP contribution >= 0.6 is 0 Å². The van der Waals surface area contributed by atoms with Gasteiger partial charge in [-0.15, -0.1) is 0 Å². The summed E-state index contributed by atoms with van der Waals surface area (Å²) in [6.07, 6.45) is -0.197. The second kappa shape index (κ2) is 6.46. The highest BCUT2D eigenvalue weighted by molar-refractivity contribution is 5.78. The van der Waals surface area contributed by atoms with Crippen molar-refractivity contribution in [2.45, 2.75) is 32.5 Å². The first kappa shape index (κ1) is 12.9. The van der Waals surface area contributed by atoms with Gasteiger partial charge in [-0.2, -0.15) is 5.26 Å². The highest BCUT2D eigenvalue weighted by Crippen LogP contribution is 2.17. The Balaban J connectivity index is 2.54. The molecule has 0 aromatic heterocycles. The molecule has 1 fully saturated rings. The minimum absolute atomic E-state index is 0.0624. The lowest BCUT2D eigenvalue weighted by atomic mass is 10.2. The smallest absolute Gasteiger partial charge is 0.236 e. The number of nitriles is 1. The molecule has 0 saturated carbocycles. The summed E-state index contributed by atoms with van der Waals surface area (Å²) in [5.74, 6) is -0.144. The zero-order chi connectivity index (χ0) is 12.0. The summed E-state index contributed by atoms with van der Waals surface area (Å²) in [6.45, 7) is 6.10. The monoisotopic (exact) mass is 226 g/mol. The SMILES string of the molecule is CCOC1CN(C(=O)CC#N)CC1OCC. The van der Waals surface area contributed by atoms with Crippen LogP contribution in [0.1, 0.15) is 20.3 Å². The van der Waals surface area contributed by atoms with E-state index in [9.17, 15) is 4.79 Å². The van der Waals surface area contributed by atoms with Crippen LogP contribution < -0.4 is 0 Å². The number of nitrogens with zero attached hydrogens (tertiary/aromatic N) is 2. The molecule has 16 heavy (non-hydrogen) atoms. The second-order valence-electron chi connectivity index (χ2n) is 3.62. The predicted molar refractivity (Wildman–Crippen MR) is 57.6 cm³/mol. The van der Waals surface area contributed by atoms with Crippen LogP contribution in [0.15, 0.2) is 0 Å². The first-order chi connectivity index (χ1) is 7.72. The lowest BCUT2D eigenvalue weighted by Gasteiger charge is -2.17. The minimum Gasteiger partial charge on any atom is -0.374 e. The lowest BCUT2D eigenvalue weighted by Crippen LogP contribution is -2.29. The Hall–Kier alpha value is -1.12. The number of carbonyl (C=O) groups excluding carboxylic acids is 1. The van der Waals surface area contributed by atoms with E-state index in [-0.39, 0.29) is 24.5 Å². The average molecular weight is 226 g/mol. The third-order valence-corrected chi connectivity index (χ3v) is 2.56. The van der Waals surface area contributed by atoms with Crippen molar-refractivity contribution in [3.8, 4) is 6.07 Å². The first-order valence-corrected chi connectivity index (χ1v) is 5.60. The van der Waals surface area contributed by atoms with Crippen LogP contribution in [-0.2, 0) is 14.3 Å². The van der Waals surface area contributed by atoms with Crippen molar-refractivity contribution in [3.05, 3.63) is 0 Å². The Morgan fingerprint density at radius 3 is 2.19 bits per heavy atom. The molecule has 5 nitrogen and oxygen atoms in total. The molecule has 90 valence electrons. The van der Waals surface area contributed by atoms with Gasteiger partial charge in [0.25, 0.3) is 0 Å². The molecule has 0 spiro atoms. The standard InChI is InChI=1S/C11H18N2O3/c1-3-15-9-7-13(11(14)5-6-12)8-10(9)16-4-2/h9-10H,3-5,7-8H2,1-2H3. The van der Waals surface area contributed by atoms with Crippen LogP contribution in [0.25, 0.3) is 0 Å². The van der Waals surface area contributed by atoms with Crippen LogP contribution in [0.2, 0.25) is 0 Å². The Bertz CT molecular complexity index is 261. The summed E-state index contributed by atoms with van der Waals surface area (Å²) in [4.78, 5) is 13.2. The summed E-state index contributed by atoms with van der Waals surface area (Å²) >= 11 is 0. The summed E-state index contributed by atoms with van der Waals surface area (Å²) in [7, 11) is 0. The zero-order valence-corrected chi connectivity index (χ0v) is 9.81. The van der Waals surface area contributed by atoms with E-state index in [0.717, 1.165) is 0 Å². The number of rotatable bonds is 5. The summed E-state index contributed by atoms with van der Waals surface area (Å²) in [5, 5.41) is 8.48. The van der Waals surface area contributed by atoms with Gasteiger partial charge in [0.05, 0.1) is 6.07 Å². The van der Waals surface area contributed by atoms with Gasteiger partial charge in [0.1, 0.15) is 18.6 Å². The minimum atomic E-state index is -0.144. The normalized spacial score (nSPS) is 24.4. The molecule has 0 aliphatic carbocycles. The van der Waals surface area contributed by atoms with Gasteiger partial charge in [0.2, 0.25) is 5.91 Å². The molecule has 1 heterocycles. The van der Waals surface area contributed by atoms with E-state index in [1.807, 2.05) is 19.9 Å². The summed E-state index contributed by atoms with van der Waals surface area (Å²) in [6, 6.07) is 1.87. The van der Waals surface area contributed by atoms with Crippen molar-refractivity contribution < 1.29 is 14.3 Å². The molecule has 1 rings (SSSR count). The van der Waals surface area contributed by atoms with Crippen molar-refractivity contribution in [1.82, 2.24) is 4.90 Å². The predicted octanol–water partition coefficient (Wildman–Crippen LogP) is 0.552. The Labute approximate surface area is 95.9 Å². The van der Waals surface area contributed by atoms with Crippen molar-refractivity contribution in [1.29, 1.82) is 5.26 Å². The van der Waals surface area contributed by atoms with Gasteiger partial charge in [-0.05, 0) is 13.8 Å². The molecule has 5 heteroatoms. The largest absolute Gasteiger partial charge is 0.374 e. The topological polar surface area (TPSA) is 62.6 Å². The molecule has 1 aliphatic rings. The van der Waals surface area contributed by atoms with Crippen LogP contribution in [0.3, 0.4) is 0 Å². The highest BCUT2D eigenvalue weighted by Gasteiger charge is 2.35. The fourth-order valence-electron chi connectivity index (χ4n) is 1.88. The van der Waals surface area contributed by atoms with Gasteiger partial charge in [0.15, 0.2) is 0 Å². The lowest BCUT2D eigenvalue weighted by molar-refractivity contribution is -0.129. The maximum atomic E-state index is 11.5. The van der Waals surface area contributed by atoms with E-state index in [1.165, 1.54) is 0 Å². The number of carbonyl (C=O) groups is 1. The number of likely N-dealkylation sites (tertiary alicyclic amines) is 1. The van der Waals surface area contributed by atoms with Gasteiger partial charge < -0.3 is 14.4 Å². The average Bonchev–Trinajstić information content (AvgIpc) is 2.64. The fourth-order valence-corrected chi connectivity index (χ4v) is 1.88. The van der Waals surface area contributed by atoms with Crippen LogP contribution in [0.5, 0.6) is 0 Å². The molecule has 1 amide bonds. The molecule has 1 saturated heterocycles. The van der Waals surface area contributed by atoms with Gasteiger partial charge in [-0.1, -0.05) is 0 Å². The quantitative estimate of drug-likeness (QED) is 0.687. The molecule has 2 atom stereocenters. The van der Waals surface area contributed by atoms with Crippen molar-refractivity contribution in [3.63, 3.8) is 0 Å². The van der Waals surface area contributed by atoms with Crippen LogP contribution in [0, 0.1) is 11.3 Å². The number of hydrogen-bond donors (Lipinski definition) is 0. The molecular weight excluding hydrogens is 208 g/mol. The maximum Gasteiger partial charge on any atom is 0.236 e. The van der Waals surface area contributed by atoms with Crippen molar-refractivity contribution in [2.75, 3.05) is 26.3 Å². The van der Waals surface area contributed by atoms with E-state index in [2.05, 4.69) is 0 Å². The van der Waals surface area contributed by atoms with Crippen molar-refractivity contribution in [2.24, 2.45) is 0 Å². The van der Waals surface area contributed by atoms with Gasteiger partial charge in [-0.25, -0.2) is 0 Å². The third kappa shape index (κ3) is 3.19.